The molecule has 5 atom stereocenters. The van der Waals surface area contributed by atoms with Gasteiger partial charge in [-0.15, -0.1) is 0 Å². The van der Waals surface area contributed by atoms with Crippen LogP contribution >= 0.6 is 0 Å². The second-order valence-electron chi connectivity index (χ2n) is 14.8. The molecule has 0 amide bonds. The van der Waals surface area contributed by atoms with Crippen molar-refractivity contribution in [2.24, 2.45) is 11.8 Å². The number of fused-ring (bicyclic) bond motifs is 2. The molecule has 0 radical (unpaired) electrons. The summed E-state index contributed by atoms with van der Waals surface area (Å²) in [6.45, 7) is 13.0. The zero-order valence-electron chi connectivity index (χ0n) is 28.2. The number of carbonyl (C=O) groups excluding carboxylic acids is 2. The van der Waals surface area contributed by atoms with Crippen LogP contribution in [0.2, 0.25) is 0 Å². The minimum Gasteiger partial charge on any atom is -0.506 e. The Morgan fingerprint density at radius 1 is 1.02 bits per heavy atom. The summed E-state index contributed by atoms with van der Waals surface area (Å²) >= 11 is 0. The van der Waals surface area contributed by atoms with Crippen LogP contribution in [-0.2, 0) is 20.7 Å². The van der Waals surface area contributed by atoms with Crippen LogP contribution in [0.1, 0.15) is 95.6 Å². The van der Waals surface area contributed by atoms with Crippen molar-refractivity contribution in [2.75, 3.05) is 6.61 Å². The average Bonchev–Trinajstić information content (AvgIpc) is 3.13. The van der Waals surface area contributed by atoms with E-state index in [1.54, 1.807) is 6.08 Å². The van der Waals surface area contributed by atoms with E-state index in [0.29, 0.717) is 36.1 Å². The number of aliphatic carboxylic acids is 1. The van der Waals surface area contributed by atoms with Crippen molar-refractivity contribution in [1.29, 1.82) is 0 Å². The van der Waals surface area contributed by atoms with E-state index in [2.05, 4.69) is 6.08 Å². The molecule has 0 aromatic heterocycles. The van der Waals surface area contributed by atoms with E-state index < -0.39 is 52.6 Å². The van der Waals surface area contributed by atoms with E-state index in [1.165, 1.54) is 11.6 Å². The molecule has 9 heteroatoms. The van der Waals surface area contributed by atoms with Gasteiger partial charge in [0.15, 0.2) is 22.8 Å². The second-order valence-corrected chi connectivity index (χ2v) is 14.8. The molecule has 3 aliphatic carbocycles. The third kappa shape index (κ3) is 4.76. The Morgan fingerprint density at radius 3 is 2.36 bits per heavy atom. The normalized spacial score (nSPS) is 30.8. The Bertz CT molecular complexity index is 1750. The number of benzene rings is 1. The first-order valence-corrected chi connectivity index (χ1v) is 16.3. The fourth-order valence-electron chi connectivity index (χ4n) is 8.27. The van der Waals surface area contributed by atoms with Crippen LogP contribution in [-0.4, -0.2) is 61.9 Å². The van der Waals surface area contributed by atoms with E-state index in [4.69, 9.17) is 14.2 Å². The van der Waals surface area contributed by atoms with Crippen molar-refractivity contribution in [1.82, 2.24) is 0 Å². The number of Topliss-reactive ketones (excluding diaryl/α,β-unsaturated/α-hetero) is 2. The van der Waals surface area contributed by atoms with Gasteiger partial charge in [0.2, 0.25) is 0 Å². The molecule has 1 aromatic carbocycles. The highest BCUT2D eigenvalue weighted by atomic mass is 16.6. The summed E-state index contributed by atoms with van der Waals surface area (Å²) in [7, 11) is 0. The molecule has 2 fully saturated rings. The van der Waals surface area contributed by atoms with E-state index in [-0.39, 0.29) is 40.4 Å². The van der Waals surface area contributed by atoms with Crippen LogP contribution in [0.4, 0.5) is 0 Å². The lowest BCUT2D eigenvalue weighted by Crippen LogP contribution is -2.72. The van der Waals surface area contributed by atoms with Crippen LogP contribution in [0.5, 0.6) is 17.2 Å². The van der Waals surface area contributed by atoms with Crippen molar-refractivity contribution in [2.45, 2.75) is 103 Å². The third-order valence-corrected chi connectivity index (χ3v) is 10.5. The molecular formula is C38H44O9. The largest absolute Gasteiger partial charge is 0.506 e. The highest BCUT2D eigenvalue weighted by Gasteiger charge is 2.81. The number of hydrogen-bond acceptors (Lipinski definition) is 8. The molecule has 3 N–H and O–H groups in total. The fraction of sp³-hybridized carbons (Fsp3) is 0.500. The maximum atomic E-state index is 14.7. The van der Waals surface area contributed by atoms with Gasteiger partial charge >= 0.3 is 5.97 Å². The van der Waals surface area contributed by atoms with Crippen molar-refractivity contribution >= 4 is 23.6 Å². The third-order valence-electron chi connectivity index (χ3n) is 10.5. The van der Waals surface area contributed by atoms with Crippen molar-refractivity contribution in [3.63, 3.8) is 0 Å². The first kappa shape index (κ1) is 33.0. The summed E-state index contributed by atoms with van der Waals surface area (Å²) in [5, 5.41) is 31.2. The van der Waals surface area contributed by atoms with Crippen molar-refractivity contribution < 1.29 is 43.9 Å². The molecule has 2 unspecified atom stereocenters. The molecule has 4 bridgehead atoms. The number of carboxylic acid groups (broad SMARTS) is 1. The Kier molecular flexibility index (Phi) is 7.76. The lowest BCUT2D eigenvalue weighted by Gasteiger charge is -2.56. The smallest absolute Gasteiger partial charge is 0.333 e. The first-order chi connectivity index (χ1) is 22.0. The SMILES string of the molecule is CC(C)=CCC[C@@]1(C)C=Cc2c(O)c3c(c(CC=C(C)C)c2O1)O[C@]12C(=C[C@@H]4CC1C(C)(C)OC2(C/C=C(\CO)C(=O)O)C4=O)C3=O. The Morgan fingerprint density at radius 2 is 1.72 bits per heavy atom. The van der Waals surface area contributed by atoms with Gasteiger partial charge in [0.05, 0.1) is 23.3 Å². The summed E-state index contributed by atoms with van der Waals surface area (Å²) in [6, 6.07) is 0. The highest BCUT2D eigenvalue weighted by molar-refractivity contribution is 6.19. The van der Waals surface area contributed by atoms with Gasteiger partial charge < -0.3 is 29.5 Å². The second kappa shape index (κ2) is 11.1. The molecule has 6 aliphatic rings. The Hall–Kier alpha value is -3.95. The van der Waals surface area contributed by atoms with Gasteiger partial charge in [-0.25, -0.2) is 4.79 Å². The molecule has 3 heterocycles. The molecule has 1 spiro atoms. The number of phenols is 1. The van der Waals surface area contributed by atoms with Crippen molar-refractivity contribution in [3.8, 4) is 17.2 Å². The predicted molar refractivity (Wildman–Crippen MR) is 176 cm³/mol. The lowest BCUT2D eigenvalue weighted by molar-refractivity contribution is -0.171. The fourth-order valence-corrected chi connectivity index (χ4v) is 8.27. The van der Waals surface area contributed by atoms with Crippen molar-refractivity contribution in [3.05, 3.63) is 69.4 Å². The number of carboxylic acids is 1. The standard InChI is InChI=1S/C38H44O9/c1-20(2)9-8-14-36(7)15-13-24-29(40)28-30(41)26-17-23-18-27-35(5,6)47-37(33(23)42,16-12-22(19-39)34(43)44)38(26,27)46-32(28)25(31(24)45-36)11-10-21(3)4/h9-10,12-13,15,17,23,27,39-40H,8,11,14,16,18-19H2,1-7H3,(H,43,44)/b22-12+/t23-,27?,36+,37?,38-/m1/s1. The number of aliphatic hydroxyl groups excluding tert-OH is 1. The Labute approximate surface area is 275 Å². The molecule has 1 saturated heterocycles. The zero-order chi connectivity index (χ0) is 34.3. The zero-order valence-corrected chi connectivity index (χ0v) is 28.2. The average molecular weight is 645 g/mol. The van der Waals surface area contributed by atoms with Crippen LogP contribution in [0.15, 0.2) is 52.7 Å². The molecule has 250 valence electrons. The number of phenolic OH excluding ortho intramolecular Hbond substituents is 1. The maximum absolute atomic E-state index is 14.7. The number of aliphatic hydroxyl groups is 1. The predicted octanol–water partition coefficient (Wildman–Crippen LogP) is 6.21. The number of ether oxygens (including phenoxy) is 3. The summed E-state index contributed by atoms with van der Waals surface area (Å²) in [4.78, 5) is 40.9. The van der Waals surface area contributed by atoms with Gasteiger partial charge in [-0.1, -0.05) is 35.5 Å². The van der Waals surface area contributed by atoms with Crippen LogP contribution in [0.3, 0.4) is 0 Å². The Balaban J connectivity index is 1.59. The molecular weight excluding hydrogens is 600 g/mol. The van der Waals surface area contributed by atoms with E-state index in [0.717, 1.165) is 12.0 Å². The van der Waals surface area contributed by atoms with E-state index in [1.807, 2.05) is 66.7 Å². The summed E-state index contributed by atoms with van der Waals surface area (Å²) in [5.41, 5.74) is -1.79. The molecule has 1 saturated carbocycles. The topological polar surface area (TPSA) is 140 Å². The minimum atomic E-state index is -1.74. The summed E-state index contributed by atoms with van der Waals surface area (Å²) in [5.74, 6) is -2.84. The maximum Gasteiger partial charge on any atom is 0.333 e. The summed E-state index contributed by atoms with van der Waals surface area (Å²) in [6.07, 6.45) is 12.8. The quantitative estimate of drug-likeness (QED) is 0.211. The summed E-state index contributed by atoms with van der Waals surface area (Å²) < 4.78 is 20.5. The van der Waals surface area contributed by atoms with Crippen LogP contribution in [0, 0.1) is 11.8 Å². The van der Waals surface area contributed by atoms with Gasteiger partial charge in [-0.05, 0) is 86.3 Å². The molecule has 1 aromatic rings. The first-order valence-electron chi connectivity index (χ1n) is 16.3. The minimum absolute atomic E-state index is 0.0173. The molecule has 9 nitrogen and oxygen atoms in total. The number of rotatable bonds is 9. The van der Waals surface area contributed by atoms with E-state index >= 15 is 0 Å². The van der Waals surface area contributed by atoms with Gasteiger partial charge in [-0.2, -0.15) is 0 Å². The molecule has 7 rings (SSSR count). The number of allylic oxidation sites excluding steroid dienone is 5. The molecule has 3 aliphatic heterocycles. The van der Waals surface area contributed by atoms with Gasteiger partial charge in [0, 0.05) is 29.4 Å². The van der Waals surface area contributed by atoms with Gasteiger partial charge in [-0.3, -0.25) is 9.59 Å². The van der Waals surface area contributed by atoms with Crippen LogP contribution in [0.25, 0.3) is 6.08 Å². The highest BCUT2D eigenvalue weighted by Crippen LogP contribution is 2.68. The lowest BCUT2D eigenvalue weighted by atomic mass is 9.51. The van der Waals surface area contributed by atoms with Gasteiger partial charge in [0.1, 0.15) is 28.4 Å². The number of carbonyl (C=O) groups is 3. The number of aromatic hydroxyl groups is 1. The number of ketones is 2. The monoisotopic (exact) mass is 644 g/mol. The van der Waals surface area contributed by atoms with Gasteiger partial charge in [0.25, 0.3) is 0 Å². The number of hydrogen-bond donors (Lipinski definition) is 3. The molecule has 47 heavy (non-hydrogen) atoms. The van der Waals surface area contributed by atoms with Crippen LogP contribution < -0.4 is 9.47 Å². The van der Waals surface area contributed by atoms with E-state index in [9.17, 15) is 29.7 Å².